The molecule has 1 aliphatic heterocycles. The van der Waals surface area contributed by atoms with Crippen molar-refractivity contribution in [1.29, 1.82) is 0 Å². The number of aliphatic hydroxyl groups is 1. The molecule has 4 heteroatoms. The van der Waals surface area contributed by atoms with Gasteiger partial charge in [-0.3, -0.25) is 0 Å². The van der Waals surface area contributed by atoms with E-state index in [9.17, 15) is 5.11 Å². The lowest BCUT2D eigenvalue weighted by Crippen LogP contribution is -2.44. The standard InChI is InChI=1S/C15H20N2O2/c18-15(8-3-4-9-15)11-17-10-7-13(16-19)12-5-1-2-6-14(12)17/h1-2,5-6,18-19H,3-4,7-11H2. The molecule has 2 N–H and O–H groups in total. The van der Waals surface area contributed by atoms with Crippen molar-refractivity contribution in [1.82, 2.24) is 0 Å². The lowest BCUT2D eigenvalue weighted by atomic mass is 9.96. The van der Waals surface area contributed by atoms with E-state index >= 15 is 0 Å². The number of nitrogens with zero attached hydrogens (tertiary/aromatic N) is 2. The van der Waals surface area contributed by atoms with Crippen LogP contribution in [0.25, 0.3) is 0 Å². The van der Waals surface area contributed by atoms with Gasteiger partial charge in [-0.25, -0.2) is 0 Å². The maximum Gasteiger partial charge on any atom is 0.0906 e. The third kappa shape index (κ3) is 2.32. The largest absolute Gasteiger partial charge is 0.411 e. The number of β-amino-alcohol motifs (C(OH)–C–C–N with tert-alkyl or cyclic N) is 1. The lowest BCUT2D eigenvalue weighted by Gasteiger charge is -2.36. The van der Waals surface area contributed by atoms with Crippen LogP contribution in [0.5, 0.6) is 0 Å². The number of rotatable bonds is 2. The van der Waals surface area contributed by atoms with E-state index in [1.165, 1.54) is 0 Å². The van der Waals surface area contributed by atoms with Crippen molar-refractivity contribution >= 4 is 11.4 Å². The second-order valence-electron chi connectivity index (χ2n) is 5.67. The van der Waals surface area contributed by atoms with Gasteiger partial charge in [-0.15, -0.1) is 0 Å². The van der Waals surface area contributed by atoms with E-state index in [2.05, 4.69) is 10.1 Å². The molecule has 1 fully saturated rings. The number of anilines is 1. The molecular formula is C15H20N2O2. The molecule has 19 heavy (non-hydrogen) atoms. The van der Waals surface area contributed by atoms with Gasteiger partial charge >= 0.3 is 0 Å². The molecule has 0 spiro atoms. The molecule has 1 aliphatic carbocycles. The van der Waals surface area contributed by atoms with Crippen molar-refractivity contribution in [3.05, 3.63) is 29.8 Å². The molecule has 1 aromatic carbocycles. The monoisotopic (exact) mass is 260 g/mol. The maximum atomic E-state index is 10.6. The summed E-state index contributed by atoms with van der Waals surface area (Å²) in [6.45, 7) is 1.49. The van der Waals surface area contributed by atoms with Gasteiger partial charge in [0.1, 0.15) is 0 Å². The van der Waals surface area contributed by atoms with Crippen LogP contribution in [0.1, 0.15) is 37.7 Å². The fraction of sp³-hybridized carbons (Fsp3) is 0.533. The summed E-state index contributed by atoms with van der Waals surface area (Å²) >= 11 is 0. The zero-order valence-corrected chi connectivity index (χ0v) is 11.0. The highest BCUT2D eigenvalue weighted by Gasteiger charge is 2.35. The van der Waals surface area contributed by atoms with E-state index in [4.69, 9.17) is 5.21 Å². The molecule has 0 amide bonds. The number of fused-ring (bicyclic) bond motifs is 1. The van der Waals surface area contributed by atoms with Gasteiger partial charge in [0.25, 0.3) is 0 Å². The molecule has 0 atom stereocenters. The van der Waals surface area contributed by atoms with Crippen molar-refractivity contribution in [2.75, 3.05) is 18.0 Å². The Morgan fingerprint density at radius 1 is 1.21 bits per heavy atom. The summed E-state index contributed by atoms with van der Waals surface area (Å²) in [7, 11) is 0. The molecule has 1 saturated carbocycles. The Hall–Kier alpha value is -1.55. The average Bonchev–Trinajstić information content (AvgIpc) is 2.86. The Labute approximate surface area is 113 Å². The summed E-state index contributed by atoms with van der Waals surface area (Å²) in [5.74, 6) is 0. The third-order valence-electron chi connectivity index (χ3n) is 4.31. The first-order valence-electron chi connectivity index (χ1n) is 6.99. The highest BCUT2D eigenvalue weighted by atomic mass is 16.4. The predicted octanol–water partition coefficient (Wildman–Crippen LogP) is 2.38. The molecule has 0 unspecified atom stereocenters. The first-order chi connectivity index (χ1) is 9.22. The molecular weight excluding hydrogens is 240 g/mol. The molecule has 3 rings (SSSR count). The Morgan fingerprint density at radius 3 is 2.68 bits per heavy atom. The Morgan fingerprint density at radius 2 is 1.95 bits per heavy atom. The lowest BCUT2D eigenvalue weighted by molar-refractivity contribution is 0.0548. The van der Waals surface area contributed by atoms with E-state index < -0.39 is 5.60 Å². The number of para-hydroxylation sites is 1. The van der Waals surface area contributed by atoms with Gasteiger partial charge in [-0.1, -0.05) is 36.2 Å². The zero-order valence-electron chi connectivity index (χ0n) is 11.0. The fourth-order valence-electron chi connectivity index (χ4n) is 3.30. The van der Waals surface area contributed by atoms with Crippen LogP contribution in [-0.2, 0) is 0 Å². The smallest absolute Gasteiger partial charge is 0.0906 e. The second-order valence-corrected chi connectivity index (χ2v) is 5.67. The quantitative estimate of drug-likeness (QED) is 0.634. The Balaban J connectivity index is 1.88. The van der Waals surface area contributed by atoms with Gasteiger partial charge in [-0.2, -0.15) is 0 Å². The Bertz CT molecular complexity index is 493. The van der Waals surface area contributed by atoms with E-state index in [-0.39, 0.29) is 0 Å². The average molecular weight is 260 g/mol. The number of hydrogen-bond donors (Lipinski definition) is 2. The third-order valence-corrected chi connectivity index (χ3v) is 4.31. The normalized spacial score (nSPS) is 23.6. The molecule has 1 aromatic rings. The van der Waals surface area contributed by atoms with Gasteiger partial charge in [-0.05, 0) is 18.9 Å². The van der Waals surface area contributed by atoms with Crippen molar-refractivity contribution in [2.24, 2.45) is 5.16 Å². The van der Waals surface area contributed by atoms with Crippen LogP contribution in [-0.4, -0.2) is 34.7 Å². The molecule has 0 saturated heterocycles. The minimum atomic E-state index is -0.541. The van der Waals surface area contributed by atoms with Crippen molar-refractivity contribution in [3.8, 4) is 0 Å². The molecule has 0 radical (unpaired) electrons. The van der Waals surface area contributed by atoms with Crippen molar-refractivity contribution < 1.29 is 10.3 Å². The van der Waals surface area contributed by atoms with Crippen LogP contribution in [0.3, 0.4) is 0 Å². The molecule has 4 nitrogen and oxygen atoms in total. The van der Waals surface area contributed by atoms with Crippen LogP contribution in [0, 0.1) is 0 Å². The van der Waals surface area contributed by atoms with E-state index in [1.54, 1.807) is 0 Å². The van der Waals surface area contributed by atoms with Crippen LogP contribution < -0.4 is 4.90 Å². The van der Waals surface area contributed by atoms with Gasteiger partial charge in [0.15, 0.2) is 0 Å². The molecule has 1 heterocycles. The molecule has 0 bridgehead atoms. The predicted molar refractivity (Wildman–Crippen MR) is 75.0 cm³/mol. The fourth-order valence-corrected chi connectivity index (χ4v) is 3.30. The van der Waals surface area contributed by atoms with Gasteiger partial charge in [0.2, 0.25) is 0 Å². The van der Waals surface area contributed by atoms with Crippen LogP contribution in [0.15, 0.2) is 29.4 Å². The molecule has 102 valence electrons. The highest BCUT2D eigenvalue weighted by Crippen LogP contribution is 2.34. The summed E-state index contributed by atoms with van der Waals surface area (Å²) in [4.78, 5) is 2.23. The SMILES string of the molecule is ON=C1CCN(CC2(O)CCCC2)c2ccccc21. The van der Waals surface area contributed by atoms with E-state index in [1.807, 2.05) is 24.3 Å². The number of oxime groups is 1. The van der Waals surface area contributed by atoms with Gasteiger partial charge in [0.05, 0.1) is 11.3 Å². The summed E-state index contributed by atoms with van der Waals surface area (Å²) in [6.07, 6.45) is 4.76. The number of hydrogen-bond acceptors (Lipinski definition) is 4. The first kappa shape index (κ1) is 12.5. The summed E-state index contributed by atoms with van der Waals surface area (Å²) < 4.78 is 0. The van der Waals surface area contributed by atoms with Gasteiger partial charge < -0.3 is 15.2 Å². The summed E-state index contributed by atoms with van der Waals surface area (Å²) in [5, 5.41) is 23.0. The minimum Gasteiger partial charge on any atom is -0.411 e. The number of benzene rings is 1. The topological polar surface area (TPSA) is 56.1 Å². The second kappa shape index (κ2) is 4.85. The molecule has 0 aromatic heterocycles. The molecule has 2 aliphatic rings. The first-order valence-corrected chi connectivity index (χ1v) is 6.99. The van der Waals surface area contributed by atoms with Crippen LogP contribution in [0.2, 0.25) is 0 Å². The zero-order chi connectivity index (χ0) is 13.3. The maximum absolute atomic E-state index is 10.6. The van der Waals surface area contributed by atoms with Crippen molar-refractivity contribution in [3.63, 3.8) is 0 Å². The van der Waals surface area contributed by atoms with Crippen LogP contribution in [0.4, 0.5) is 5.69 Å². The van der Waals surface area contributed by atoms with E-state index in [0.29, 0.717) is 6.54 Å². The Kier molecular flexibility index (Phi) is 3.19. The van der Waals surface area contributed by atoms with E-state index in [0.717, 1.165) is 55.6 Å². The summed E-state index contributed by atoms with van der Waals surface area (Å²) in [6, 6.07) is 7.97. The van der Waals surface area contributed by atoms with Crippen LogP contribution >= 0.6 is 0 Å². The highest BCUT2D eigenvalue weighted by molar-refractivity contribution is 6.06. The van der Waals surface area contributed by atoms with Crippen molar-refractivity contribution in [2.45, 2.75) is 37.7 Å². The van der Waals surface area contributed by atoms with Gasteiger partial charge in [0, 0.05) is 30.8 Å². The minimum absolute atomic E-state index is 0.541. The summed E-state index contributed by atoms with van der Waals surface area (Å²) in [5.41, 5.74) is 2.26.